The number of aromatic nitrogens is 2. The van der Waals surface area contributed by atoms with Crippen LogP contribution in [0.4, 0.5) is 5.82 Å². The van der Waals surface area contributed by atoms with Gasteiger partial charge in [0, 0.05) is 6.04 Å². The largest absolute Gasteiger partial charge is 0.389 e. The predicted octanol–water partition coefficient (Wildman–Crippen LogP) is 2.96. The Morgan fingerprint density at radius 3 is 2.55 bits per heavy atom. The van der Waals surface area contributed by atoms with Crippen molar-refractivity contribution in [2.45, 2.75) is 53.0 Å². The molecule has 1 saturated carbocycles. The lowest BCUT2D eigenvalue weighted by molar-refractivity contribution is 0.276. The predicted molar refractivity (Wildman–Crippen MR) is 87.0 cm³/mol. The number of rotatable bonds is 3. The average molecular weight is 292 g/mol. The summed E-state index contributed by atoms with van der Waals surface area (Å²) < 4.78 is 0. The molecular formula is C15H24N4S. The van der Waals surface area contributed by atoms with Crippen LogP contribution in [-0.2, 0) is 0 Å². The number of hydrogen-bond acceptors (Lipinski definition) is 4. The lowest BCUT2D eigenvalue weighted by atomic mass is 9.80. The summed E-state index contributed by atoms with van der Waals surface area (Å²) >= 11 is 5.18. The number of anilines is 1. The molecule has 20 heavy (non-hydrogen) atoms. The molecular weight excluding hydrogens is 268 g/mol. The fourth-order valence-electron chi connectivity index (χ4n) is 3.07. The molecule has 0 spiro atoms. The molecule has 0 radical (unpaired) electrons. The number of thiocarbonyl (C=S) groups is 1. The van der Waals surface area contributed by atoms with Gasteiger partial charge in [-0.15, -0.1) is 5.10 Å². The van der Waals surface area contributed by atoms with Crippen LogP contribution in [0.3, 0.4) is 0 Å². The maximum absolute atomic E-state index is 5.87. The second-order valence-electron chi connectivity index (χ2n) is 6.14. The van der Waals surface area contributed by atoms with Crippen molar-refractivity contribution in [1.82, 2.24) is 10.2 Å². The second kappa shape index (κ2) is 6.04. The minimum Gasteiger partial charge on any atom is -0.389 e. The summed E-state index contributed by atoms with van der Waals surface area (Å²) in [5.41, 5.74) is 8.61. The zero-order chi connectivity index (χ0) is 14.9. The van der Waals surface area contributed by atoms with E-state index in [0.29, 0.717) is 16.9 Å². The van der Waals surface area contributed by atoms with Gasteiger partial charge in [-0.05, 0) is 50.5 Å². The molecule has 1 heterocycles. The highest BCUT2D eigenvalue weighted by Gasteiger charge is 2.27. The molecule has 0 bridgehead atoms. The van der Waals surface area contributed by atoms with Gasteiger partial charge in [-0.3, -0.25) is 0 Å². The maximum Gasteiger partial charge on any atom is 0.159 e. The van der Waals surface area contributed by atoms with Crippen LogP contribution in [0.2, 0.25) is 0 Å². The summed E-state index contributed by atoms with van der Waals surface area (Å²) in [7, 11) is 0. The maximum atomic E-state index is 5.87. The molecule has 3 N–H and O–H groups in total. The highest BCUT2D eigenvalue weighted by Crippen LogP contribution is 2.31. The second-order valence-corrected chi connectivity index (χ2v) is 6.58. The standard InChI is InChI=1S/C15H24N4S/c1-8-5-6-12(9(2)7-8)17-15-13(14(16)20)10(3)11(4)18-19-15/h8-9,12H,5-7H2,1-4H3,(H2,16,20)(H,17,19). The molecule has 1 aliphatic rings. The van der Waals surface area contributed by atoms with E-state index in [0.717, 1.165) is 35.0 Å². The fraction of sp³-hybridized carbons (Fsp3) is 0.667. The third kappa shape index (κ3) is 3.08. The van der Waals surface area contributed by atoms with Crippen molar-refractivity contribution in [2.75, 3.05) is 5.32 Å². The van der Waals surface area contributed by atoms with Gasteiger partial charge < -0.3 is 11.1 Å². The van der Waals surface area contributed by atoms with Crippen molar-refractivity contribution in [1.29, 1.82) is 0 Å². The highest BCUT2D eigenvalue weighted by atomic mass is 32.1. The van der Waals surface area contributed by atoms with Crippen LogP contribution in [0, 0.1) is 25.7 Å². The summed E-state index contributed by atoms with van der Waals surface area (Å²) in [6, 6.07) is 0.427. The summed E-state index contributed by atoms with van der Waals surface area (Å²) in [6.45, 7) is 8.54. The third-order valence-corrected chi connectivity index (χ3v) is 4.66. The molecule has 1 fully saturated rings. The van der Waals surface area contributed by atoms with E-state index in [2.05, 4.69) is 29.4 Å². The van der Waals surface area contributed by atoms with Crippen LogP contribution in [0.5, 0.6) is 0 Å². The summed E-state index contributed by atoms with van der Waals surface area (Å²) in [6.07, 6.45) is 3.66. The number of nitrogens with two attached hydrogens (primary N) is 1. The third-order valence-electron chi connectivity index (χ3n) is 4.45. The molecule has 0 aliphatic heterocycles. The molecule has 3 atom stereocenters. The van der Waals surface area contributed by atoms with E-state index in [1.54, 1.807) is 0 Å². The van der Waals surface area contributed by atoms with E-state index in [4.69, 9.17) is 18.0 Å². The summed E-state index contributed by atoms with van der Waals surface area (Å²) in [5, 5.41) is 12.0. The van der Waals surface area contributed by atoms with E-state index < -0.39 is 0 Å². The molecule has 4 nitrogen and oxygen atoms in total. The van der Waals surface area contributed by atoms with Crippen LogP contribution in [0.15, 0.2) is 0 Å². The van der Waals surface area contributed by atoms with Gasteiger partial charge in [-0.2, -0.15) is 5.10 Å². The fourth-order valence-corrected chi connectivity index (χ4v) is 3.32. The zero-order valence-corrected chi connectivity index (χ0v) is 13.5. The smallest absolute Gasteiger partial charge is 0.159 e. The topological polar surface area (TPSA) is 63.8 Å². The zero-order valence-electron chi connectivity index (χ0n) is 12.7. The first-order chi connectivity index (χ1) is 9.40. The normalized spacial score (nSPS) is 26.3. The van der Waals surface area contributed by atoms with Gasteiger partial charge in [0.15, 0.2) is 5.82 Å². The van der Waals surface area contributed by atoms with Crippen LogP contribution in [-0.4, -0.2) is 21.2 Å². The lowest BCUT2D eigenvalue weighted by Gasteiger charge is -2.33. The Kier molecular flexibility index (Phi) is 4.58. The van der Waals surface area contributed by atoms with Crippen molar-refractivity contribution < 1.29 is 0 Å². The highest BCUT2D eigenvalue weighted by molar-refractivity contribution is 7.80. The molecule has 0 amide bonds. The number of aryl methyl sites for hydroxylation is 1. The van der Waals surface area contributed by atoms with Crippen molar-refractivity contribution in [3.05, 3.63) is 16.8 Å². The summed E-state index contributed by atoms with van der Waals surface area (Å²) in [5.74, 6) is 2.18. The van der Waals surface area contributed by atoms with Crippen LogP contribution < -0.4 is 11.1 Å². The Labute approximate surface area is 126 Å². The molecule has 5 heteroatoms. The van der Waals surface area contributed by atoms with Gasteiger partial charge in [-0.1, -0.05) is 26.1 Å². The lowest BCUT2D eigenvalue weighted by Crippen LogP contribution is -2.34. The molecule has 1 aromatic heterocycles. The SMILES string of the molecule is Cc1nnc(NC2CCC(C)CC2C)c(C(N)=S)c1C. The summed E-state index contributed by atoms with van der Waals surface area (Å²) in [4.78, 5) is 0.389. The van der Waals surface area contributed by atoms with E-state index in [1.807, 2.05) is 13.8 Å². The van der Waals surface area contributed by atoms with Crippen LogP contribution in [0.1, 0.15) is 49.9 Å². The van der Waals surface area contributed by atoms with E-state index in [-0.39, 0.29) is 0 Å². The van der Waals surface area contributed by atoms with Crippen molar-refractivity contribution in [3.8, 4) is 0 Å². The minimum absolute atomic E-state index is 0.389. The Balaban J connectivity index is 2.25. The molecule has 0 saturated heterocycles. The van der Waals surface area contributed by atoms with Crippen LogP contribution in [0.25, 0.3) is 0 Å². The Morgan fingerprint density at radius 2 is 1.95 bits per heavy atom. The van der Waals surface area contributed by atoms with Crippen molar-refractivity contribution in [2.24, 2.45) is 17.6 Å². The van der Waals surface area contributed by atoms with Gasteiger partial charge in [0.1, 0.15) is 4.99 Å². The number of nitrogens with one attached hydrogen (secondary N) is 1. The first-order valence-corrected chi connectivity index (χ1v) is 7.71. The Morgan fingerprint density at radius 1 is 1.25 bits per heavy atom. The van der Waals surface area contributed by atoms with Gasteiger partial charge in [0.2, 0.25) is 0 Å². The Bertz CT molecular complexity index is 515. The minimum atomic E-state index is 0.389. The van der Waals surface area contributed by atoms with Gasteiger partial charge in [0.05, 0.1) is 11.3 Å². The Hall–Kier alpha value is -1.23. The number of hydrogen-bond donors (Lipinski definition) is 2. The van der Waals surface area contributed by atoms with E-state index >= 15 is 0 Å². The van der Waals surface area contributed by atoms with Gasteiger partial charge >= 0.3 is 0 Å². The van der Waals surface area contributed by atoms with Gasteiger partial charge in [0.25, 0.3) is 0 Å². The van der Waals surface area contributed by atoms with E-state index in [9.17, 15) is 0 Å². The van der Waals surface area contributed by atoms with Crippen LogP contribution >= 0.6 is 12.2 Å². The molecule has 110 valence electrons. The van der Waals surface area contributed by atoms with Crippen molar-refractivity contribution in [3.63, 3.8) is 0 Å². The average Bonchev–Trinajstić information content (AvgIpc) is 2.36. The van der Waals surface area contributed by atoms with Gasteiger partial charge in [-0.25, -0.2) is 0 Å². The number of nitrogens with zero attached hydrogens (tertiary/aromatic N) is 2. The quantitative estimate of drug-likeness (QED) is 0.839. The molecule has 2 rings (SSSR count). The molecule has 1 aliphatic carbocycles. The first kappa shape index (κ1) is 15.2. The monoisotopic (exact) mass is 292 g/mol. The molecule has 3 unspecified atom stereocenters. The molecule has 0 aromatic carbocycles. The first-order valence-electron chi connectivity index (χ1n) is 7.30. The van der Waals surface area contributed by atoms with Crippen molar-refractivity contribution >= 4 is 23.0 Å². The van der Waals surface area contributed by atoms with E-state index in [1.165, 1.54) is 12.8 Å². The molecule has 1 aromatic rings.